The lowest BCUT2D eigenvalue weighted by molar-refractivity contribution is 0.0517. The van der Waals surface area contributed by atoms with Gasteiger partial charge in [0.25, 0.3) is 17.7 Å². The Morgan fingerprint density at radius 1 is 1.29 bits per heavy atom. The molecule has 8 heteroatoms. The first kappa shape index (κ1) is 16.0. The Morgan fingerprint density at radius 2 is 2.08 bits per heavy atom. The molecule has 24 heavy (non-hydrogen) atoms. The van der Waals surface area contributed by atoms with Crippen molar-refractivity contribution in [3.63, 3.8) is 0 Å². The van der Waals surface area contributed by atoms with Crippen LogP contribution < -0.4 is 15.1 Å². The largest absolute Gasteiger partial charge is 0.477 e. The van der Waals surface area contributed by atoms with Gasteiger partial charge in [-0.15, -0.1) is 0 Å². The molecule has 1 saturated heterocycles. The van der Waals surface area contributed by atoms with Gasteiger partial charge in [0.2, 0.25) is 0 Å². The Balaban J connectivity index is 1.69. The van der Waals surface area contributed by atoms with Crippen LogP contribution in [0.4, 0.5) is 0 Å². The number of ether oxygens (including phenoxy) is 2. The van der Waals surface area contributed by atoms with Gasteiger partial charge in [0.15, 0.2) is 0 Å². The lowest BCUT2D eigenvalue weighted by Gasteiger charge is -2.32. The number of rotatable bonds is 4. The Morgan fingerprint density at radius 3 is 2.79 bits per heavy atom. The number of carbonyl (C=O) groups excluding carboxylic acids is 1. The maximum absolute atomic E-state index is 12.5. The Labute approximate surface area is 138 Å². The molecule has 1 fully saturated rings. The predicted octanol–water partition coefficient (Wildman–Crippen LogP) is 1.12. The van der Waals surface area contributed by atoms with Gasteiger partial charge in [-0.25, -0.2) is 14.8 Å². The van der Waals surface area contributed by atoms with Crippen LogP contribution in [0.15, 0.2) is 40.0 Å². The SMILES string of the molecule is COc1nccnc1OC1CCCN(C(=O)c2ccc(=O)oc2)C1. The van der Waals surface area contributed by atoms with Crippen molar-refractivity contribution in [2.45, 2.75) is 18.9 Å². The summed E-state index contributed by atoms with van der Waals surface area (Å²) in [6, 6.07) is 2.69. The van der Waals surface area contributed by atoms with Crippen LogP contribution >= 0.6 is 0 Å². The summed E-state index contributed by atoms with van der Waals surface area (Å²) in [7, 11) is 1.50. The van der Waals surface area contributed by atoms with E-state index in [0.29, 0.717) is 30.4 Å². The van der Waals surface area contributed by atoms with Gasteiger partial charge in [-0.2, -0.15) is 0 Å². The van der Waals surface area contributed by atoms with Crippen molar-refractivity contribution in [3.05, 3.63) is 46.8 Å². The van der Waals surface area contributed by atoms with Crippen molar-refractivity contribution in [1.29, 1.82) is 0 Å². The number of amides is 1. The molecular weight excluding hydrogens is 314 g/mol. The van der Waals surface area contributed by atoms with Gasteiger partial charge in [0.05, 0.1) is 19.2 Å². The van der Waals surface area contributed by atoms with E-state index in [4.69, 9.17) is 13.9 Å². The summed E-state index contributed by atoms with van der Waals surface area (Å²) in [5.74, 6) is 0.425. The van der Waals surface area contributed by atoms with E-state index in [-0.39, 0.29) is 12.0 Å². The number of piperidine rings is 1. The number of hydrogen-bond acceptors (Lipinski definition) is 7. The highest BCUT2D eigenvalue weighted by Crippen LogP contribution is 2.24. The first-order valence-electron chi connectivity index (χ1n) is 7.57. The number of aromatic nitrogens is 2. The fourth-order valence-electron chi connectivity index (χ4n) is 2.57. The van der Waals surface area contributed by atoms with Crippen molar-refractivity contribution in [1.82, 2.24) is 14.9 Å². The summed E-state index contributed by atoms with van der Waals surface area (Å²) in [4.78, 5) is 33.3. The van der Waals surface area contributed by atoms with Gasteiger partial charge >= 0.3 is 5.63 Å². The topological polar surface area (TPSA) is 94.8 Å². The molecule has 1 aliphatic heterocycles. The van der Waals surface area contributed by atoms with Crippen LogP contribution in [0.2, 0.25) is 0 Å². The van der Waals surface area contributed by atoms with Crippen molar-refractivity contribution >= 4 is 5.91 Å². The zero-order valence-electron chi connectivity index (χ0n) is 13.2. The minimum atomic E-state index is -0.485. The van der Waals surface area contributed by atoms with Crippen LogP contribution in [0, 0.1) is 0 Å². The Bertz CT molecular complexity index is 756. The second-order valence-electron chi connectivity index (χ2n) is 5.35. The highest BCUT2D eigenvalue weighted by Gasteiger charge is 2.27. The van der Waals surface area contributed by atoms with Gasteiger partial charge in [0, 0.05) is 25.0 Å². The fraction of sp³-hybridized carbons (Fsp3) is 0.375. The molecule has 0 aromatic carbocycles. The van der Waals surface area contributed by atoms with Crippen molar-refractivity contribution in [2.75, 3.05) is 20.2 Å². The highest BCUT2D eigenvalue weighted by molar-refractivity contribution is 5.93. The van der Waals surface area contributed by atoms with E-state index in [9.17, 15) is 9.59 Å². The molecule has 0 aliphatic carbocycles. The van der Waals surface area contributed by atoms with Gasteiger partial charge < -0.3 is 18.8 Å². The fourth-order valence-corrected chi connectivity index (χ4v) is 2.57. The highest BCUT2D eigenvalue weighted by atomic mass is 16.5. The zero-order chi connectivity index (χ0) is 16.9. The summed E-state index contributed by atoms with van der Waals surface area (Å²) in [5.41, 5.74) is -0.145. The molecule has 1 unspecified atom stereocenters. The van der Waals surface area contributed by atoms with Crippen LogP contribution in [-0.4, -0.2) is 47.1 Å². The second kappa shape index (κ2) is 7.12. The monoisotopic (exact) mass is 331 g/mol. The molecule has 126 valence electrons. The van der Waals surface area contributed by atoms with E-state index in [1.807, 2.05) is 0 Å². The lowest BCUT2D eigenvalue weighted by Crippen LogP contribution is -2.44. The zero-order valence-corrected chi connectivity index (χ0v) is 13.2. The number of likely N-dealkylation sites (tertiary alicyclic amines) is 1. The van der Waals surface area contributed by atoms with E-state index in [1.54, 1.807) is 4.90 Å². The van der Waals surface area contributed by atoms with E-state index in [2.05, 4.69) is 9.97 Å². The minimum absolute atomic E-state index is 0.196. The first-order valence-corrected chi connectivity index (χ1v) is 7.57. The molecule has 3 heterocycles. The third-order valence-corrected chi connectivity index (χ3v) is 3.72. The van der Waals surface area contributed by atoms with Gasteiger partial charge in [-0.1, -0.05) is 0 Å². The van der Waals surface area contributed by atoms with E-state index in [0.717, 1.165) is 12.8 Å². The van der Waals surface area contributed by atoms with Gasteiger partial charge in [0.1, 0.15) is 12.4 Å². The van der Waals surface area contributed by atoms with Crippen LogP contribution in [0.5, 0.6) is 11.8 Å². The number of methoxy groups -OCH3 is 1. The number of nitrogens with zero attached hydrogens (tertiary/aromatic N) is 3. The summed E-state index contributed by atoms with van der Waals surface area (Å²) >= 11 is 0. The Hall–Kier alpha value is -2.90. The summed E-state index contributed by atoms with van der Waals surface area (Å²) < 4.78 is 15.7. The van der Waals surface area contributed by atoms with E-state index < -0.39 is 5.63 Å². The van der Waals surface area contributed by atoms with Gasteiger partial charge in [-0.3, -0.25) is 4.79 Å². The average molecular weight is 331 g/mol. The maximum atomic E-state index is 12.5. The lowest BCUT2D eigenvalue weighted by atomic mass is 10.1. The maximum Gasteiger partial charge on any atom is 0.335 e. The van der Waals surface area contributed by atoms with Crippen molar-refractivity contribution in [3.8, 4) is 11.8 Å². The normalized spacial score (nSPS) is 17.4. The molecule has 3 rings (SSSR count). The molecule has 1 amide bonds. The minimum Gasteiger partial charge on any atom is -0.477 e. The molecular formula is C16H17N3O5. The van der Waals surface area contributed by atoms with Gasteiger partial charge in [-0.05, 0) is 18.9 Å². The number of hydrogen-bond donors (Lipinski definition) is 0. The molecule has 2 aromatic rings. The van der Waals surface area contributed by atoms with Crippen LogP contribution in [-0.2, 0) is 0 Å². The molecule has 1 aliphatic rings. The number of carbonyl (C=O) groups is 1. The molecule has 0 N–H and O–H groups in total. The van der Waals surface area contributed by atoms with Crippen LogP contribution in [0.25, 0.3) is 0 Å². The smallest absolute Gasteiger partial charge is 0.335 e. The standard InChI is InChI=1S/C16H17N3O5/c1-22-14-15(18-7-6-17-14)24-12-3-2-8-19(9-12)16(21)11-4-5-13(20)23-10-11/h4-7,10,12H,2-3,8-9H2,1H3. The summed E-state index contributed by atoms with van der Waals surface area (Å²) in [6.45, 7) is 1.03. The third-order valence-electron chi connectivity index (χ3n) is 3.72. The van der Waals surface area contributed by atoms with Crippen molar-refractivity contribution < 1.29 is 18.7 Å². The van der Waals surface area contributed by atoms with E-state index in [1.165, 1.54) is 37.9 Å². The average Bonchev–Trinajstić information content (AvgIpc) is 2.62. The predicted molar refractivity (Wildman–Crippen MR) is 83.1 cm³/mol. The van der Waals surface area contributed by atoms with Crippen molar-refractivity contribution in [2.24, 2.45) is 0 Å². The molecule has 0 saturated carbocycles. The molecule has 8 nitrogen and oxygen atoms in total. The molecule has 0 spiro atoms. The molecule has 0 bridgehead atoms. The summed E-state index contributed by atoms with van der Waals surface area (Å²) in [6.07, 6.45) is 5.62. The third kappa shape index (κ3) is 3.53. The van der Waals surface area contributed by atoms with Crippen LogP contribution in [0.1, 0.15) is 23.2 Å². The molecule has 1 atom stereocenters. The van der Waals surface area contributed by atoms with Crippen LogP contribution in [0.3, 0.4) is 0 Å². The van der Waals surface area contributed by atoms with E-state index >= 15 is 0 Å². The Kier molecular flexibility index (Phi) is 4.74. The molecule has 0 radical (unpaired) electrons. The summed E-state index contributed by atoms with van der Waals surface area (Å²) in [5, 5.41) is 0. The molecule has 2 aromatic heterocycles. The quantitative estimate of drug-likeness (QED) is 0.828. The first-order chi connectivity index (χ1) is 11.7. The second-order valence-corrected chi connectivity index (χ2v) is 5.35.